The first-order valence-corrected chi connectivity index (χ1v) is 7.01. The lowest BCUT2D eigenvalue weighted by Gasteiger charge is -2.17. The molecule has 0 saturated heterocycles. The molecule has 0 amide bonds. The maximum absolute atomic E-state index is 6.23. The molecule has 1 aromatic heterocycles. The van der Waals surface area contributed by atoms with Gasteiger partial charge in [0.15, 0.2) is 0 Å². The second kappa shape index (κ2) is 6.42. The maximum Gasteiger partial charge on any atom is 0.0537 e. The van der Waals surface area contributed by atoms with E-state index in [9.17, 15) is 0 Å². The van der Waals surface area contributed by atoms with Crippen LogP contribution in [0.15, 0.2) is 30.6 Å². The Bertz CT molecular complexity index is 551. The van der Waals surface area contributed by atoms with Crippen LogP contribution in [0.3, 0.4) is 0 Å². The van der Waals surface area contributed by atoms with Gasteiger partial charge in [-0.3, -0.25) is 4.68 Å². The van der Waals surface area contributed by atoms with Gasteiger partial charge in [-0.2, -0.15) is 5.10 Å². The first-order valence-electron chi connectivity index (χ1n) is 6.26. The van der Waals surface area contributed by atoms with E-state index in [1.807, 2.05) is 36.3 Å². The molecule has 2 rings (SSSR count). The third-order valence-corrected chi connectivity index (χ3v) is 3.60. The summed E-state index contributed by atoms with van der Waals surface area (Å²) < 4.78 is 1.81. The predicted molar refractivity (Wildman–Crippen MR) is 79.8 cm³/mol. The molecular weight excluding hydrogens is 281 g/mol. The number of hydrogen-bond acceptors (Lipinski definition) is 2. The molecule has 19 heavy (non-hydrogen) atoms. The summed E-state index contributed by atoms with van der Waals surface area (Å²) in [4.78, 5) is 0. The molecule has 0 fully saturated rings. The Balaban J connectivity index is 2.21. The van der Waals surface area contributed by atoms with Crippen molar-refractivity contribution in [3.63, 3.8) is 0 Å². The van der Waals surface area contributed by atoms with Gasteiger partial charge in [0, 0.05) is 34.9 Å². The Labute approximate surface area is 123 Å². The number of rotatable bonds is 5. The van der Waals surface area contributed by atoms with Gasteiger partial charge in [-0.05, 0) is 30.7 Å². The van der Waals surface area contributed by atoms with E-state index in [0.717, 1.165) is 24.1 Å². The quantitative estimate of drug-likeness (QED) is 0.913. The van der Waals surface area contributed by atoms with Crippen LogP contribution in [0.4, 0.5) is 0 Å². The zero-order valence-electron chi connectivity index (χ0n) is 11.0. The van der Waals surface area contributed by atoms with Crippen LogP contribution in [0.2, 0.25) is 10.0 Å². The molecule has 0 spiro atoms. The maximum atomic E-state index is 6.23. The van der Waals surface area contributed by atoms with E-state index < -0.39 is 0 Å². The number of nitrogens with one attached hydrogen (secondary N) is 1. The minimum absolute atomic E-state index is 0.206. The van der Waals surface area contributed by atoms with Crippen molar-refractivity contribution < 1.29 is 0 Å². The molecular formula is C14H17Cl2N3. The molecule has 0 aliphatic heterocycles. The van der Waals surface area contributed by atoms with Crippen LogP contribution >= 0.6 is 23.2 Å². The molecule has 1 heterocycles. The summed E-state index contributed by atoms with van der Waals surface area (Å²) in [5.74, 6) is 0. The zero-order valence-corrected chi connectivity index (χ0v) is 12.5. The average molecular weight is 298 g/mol. The Morgan fingerprint density at radius 3 is 2.74 bits per heavy atom. The topological polar surface area (TPSA) is 29.9 Å². The van der Waals surface area contributed by atoms with Crippen LogP contribution in [0.25, 0.3) is 0 Å². The predicted octanol–water partition coefficient (Wildman–Crippen LogP) is 3.62. The van der Waals surface area contributed by atoms with E-state index in [1.165, 1.54) is 0 Å². The van der Waals surface area contributed by atoms with Crippen molar-refractivity contribution in [2.75, 3.05) is 6.54 Å². The Morgan fingerprint density at radius 1 is 1.37 bits per heavy atom. The van der Waals surface area contributed by atoms with Crippen molar-refractivity contribution in [1.29, 1.82) is 0 Å². The minimum Gasteiger partial charge on any atom is -0.310 e. The van der Waals surface area contributed by atoms with Gasteiger partial charge >= 0.3 is 0 Å². The summed E-state index contributed by atoms with van der Waals surface area (Å²) in [6, 6.07) is 5.84. The monoisotopic (exact) mass is 297 g/mol. The lowest BCUT2D eigenvalue weighted by atomic mass is 10.0. The van der Waals surface area contributed by atoms with Crippen molar-refractivity contribution in [3.05, 3.63) is 51.8 Å². The molecule has 102 valence electrons. The van der Waals surface area contributed by atoms with E-state index in [0.29, 0.717) is 10.0 Å². The van der Waals surface area contributed by atoms with Crippen molar-refractivity contribution >= 4 is 23.2 Å². The molecule has 0 aliphatic rings. The van der Waals surface area contributed by atoms with E-state index >= 15 is 0 Å². The highest BCUT2D eigenvalue weighted by Crippen LogP contribution is 2.26. The molecule has 0 saturated carbocycles. The number of benzene rings is 1. The van der Waals surface area contributed by atoms with Gasteiger partial charge in [-0.15, -0.1) is 0 Å². The Morgan fingerprint density at radius 2 is 2.16 bits per heavy atom. The lowest BCUT2D eigenvalue weighted by molar-refractivity contribution is 0.549. The molecule has 5 heteroatoms. The summed E-state index contributed by atoms with van der Waals surface area (Å²) in [5, 5.41) is 9.05. The summed E-state index contributed by atoms with van der Waals surface area (Å²) >= 11 is 12.2. The second-order valence-corrected chi connectivity index (χ2v) is 5.34. The fraction of sp³-hybridized carbons (Fsp3) is 0.357. The zero-order chi connectivity index (χ0) is 13.8. The summed E-state index contributed by atoms with van der Waals surface area (Å²) in [6.45, 7) is 2.98. The van der Waals surface area contributed by atoms with Gasteiger partial charge in [-0.1, -0.05) is 36.2 Å². The van der Waals surface area contributed by atoms with Crippen LogP contribution in [0.5, 0.6) is 0 Å². The van der Waals surface area contributed by atoms with Crippen molar-refractivity contribution in [3.8, 4) is 0 Å². The molecule has 0 bridgehead atoms. The Kier molecular flexibility index (Phi) is 4.86. The number of aromatic nitrogens is 2. The first kappa shape index (κ1) is 14.4. The van der Waals surface area contributed by atoms with Gasteiger partial charge in [-0.25, -0.2) is 0 Å². The van der Waals surface area contributed by atoms with Crippen LogP contribution in [0, 0.1) is 0 Å². The highest BCUT2D eigenvalue weighted by atomic mass is 35.5. The number of hydrogen-bond donors (Lipinski definition) is 1. The molecule has 1 N–H and O–H groups in total. The second-order valence-electron chi connectivity index (χ2n) is 4.50. The van der Waals surface area contributed by atoms with Gasteiger partial charge < -0.3 is 5.32 Å². The number of nitrogens with zero attached hydrogens (tertiary/aromatic N) is 2. The third kappa shape index (κ3) is 3.72. The van der Waals surface area contributed by atoms with Crippen molar-refractivity contribution in [2.45, 2.75) is 19.4 Å². The summed E-state index contributed by atoms with van der Waals surface area (Å²) in [7, 11) is 1.92. The molecule has 0 aliphatic carbocycles. The highest BCUT2D eigenvalue weighted by Gasteiger charge is 2.14. The number of halogens is 2. The van der Waals surface area contributed by atoms with Crippen molar-refractivity contribution in [1.82, 2.24) is 15.1 Å². The average Bonchev–Trinajstić information content (AvgIpc) is 2.78. The van der Waals surface area contributed by atoms with Gasteiger partial charge in [0.2, 0.25) is 0 Å². The van der Waals surface area contributed by atoms with Crippen LogP contribution in [-0.2, 0) is 13.5 Å². The molecule has 2 aromatic rings. The molecule has 1 unspecified atom stereocenters. The first-order chi connectivity index (χ1) is 9.10. The smallest absolute Gasteiger partial charge is 0.0537 e. The van der Waals surface area contributed by atoms with E-state index in [4.69, 9.17) is 23.2 Å². The summed E-state index contributed by atoms with van der Waals surface area (Å²) in [5.41, 5.74) is 2.25. The fourth-order valence-corrected chi connectivity index (χ4v) is 2.57. The van der Waals surface area contributed by atoms with Gasteiger partial charge in [0.1, 0.15) is 0 Å². The van der Waals surface area contributed by atoms with Crippen LogP contribution in [0.1, 0.15) is 24.1 Å². The fourth-order valence-electron chi connectivity index (χ4n) is 2.08. The molecule has 1 aromatic carbocycles. The largest absolute Gasteiger partial charge is 0.310 e. The van der Waals surface area contributed by atoms with E-state index in [2.05, 4.69) is 17.3 Å². The third-order valence-electron chi connectivity index (χ3n) is 3.02. The van der Waals surface area contributed by atoms with Crippen LogP contribution < -0.4 is 5.32 Å². The summed E-state index contributed by atoms with van der Waals surface area (Å²) in [6.07, 6.45) is 4.73. The SMILES string of the molecule is CCNC(Cc1ccc(Cl)cc1Cl)c1cnn(C)c1. The Hall–Kier alpha value is -1.03. The lowest BCUT2D eigenvalue weighted by Crippen LogP contribution is -2.22. The number of aryl methyl sites for hydroxylation is 1. The molecule has 1 atom stereocenters. The van der Waals surface area contributed by atoms with Gasteiger partial charge in [0.05, 0.1) is 6.20 Å². The molecule has 3 nitrogen and oxygen atoms in total. The highest BCUT2D eigenvalue weighted by molar-refractivity contribution is 6.35. The normalized spacial score (nSPS) is 12.6. The van der Waals surface area contributed by atoms with E-state index in [-0.39, 0.29) is 6.04 Å². The minimum atomic E-state index is 0.206. The van der Waals surface area contributed by atoms with E-state index in [1.54, 1.807) is 6.07 Å². The number of likely N-dealkylation sites (N-methyl/N-ethyl adjacent to an activating group) is 1. The standard InChI is InChI=1S/C14H17Cl2N3/c1-3-17-14(11-8-18-19(2)9-11)6-10-4-5-12(15)7-13(10)16/h4-5,7-9,14,17H,3,6H2,1-2H3. The van der Waals surface area contributed by atoms with Crippen LogP contribution in [-0.4, -0.2) is 16.3 Å². The van der Waals surface area contributed by atoms with Crippen molar-refractivity contribution in [2.24, 2.45) is 7.05 Å². The molecule has 0 radical (unpaired) electrons. The van der Waals surface area contributed by atoms with Gasteiger partial charge in [0.25, 0.3) is 0 Å².